The molecule has 0 rings (SSSR count). The van der Waals surface area contributed by atoms with Crippen LogP contribution >= 0.6 is 0 Å². The molecule has 0 N–H and O–H groups in total. The smallest absolute Gasteiger partial charge is 0.306 e. The van der Waals surface area contributed by atoms with Crippen molar-refractivity contribution in [2.24, 2.45) is 0 Å². The number of hydrogen-bond acceptors (Lipinski definition) is 8. The molecular formula is C79H153NO8. The molecule has 0 aromatic carbocycles. The molecule has 9 nitrogen and oxygen atoms in total. The van der Waals surface area contributed by atoms with Crippen molar-refractivity contribution < 1.29 is 42.9 Å². The first-order valence-electron chi connectivity index (χ1n) is 39.3. The maximum Gasteiger partial charge on any atom is 0.306 e. The largest absolute Gasteiger partial charge is 0.545 e. The van der Waals surface area contributed by atoms with Gasteiger partial charge in [-0.3, -0.25) is 9.59 Å². The van der Waals surface area contributed by atoms with Crippen molar-refractivity contribution in [3.05, 3.63) is 12.2 Å². The van der Waals surface area contributed by atoms with Crippen LogP contribution in [0, 0.1) is 0 Å². The van der Waals surface area contributed by atoms with E-state index in [9.17, 15) is 19.5 Å². The number of carboxylic acid groups (broad SMARTS) is 1. The second-order valence-electron chi connectivity index (χ2n) is 28.4. The van der Waals surface area contributed by atoms with E-state index in [2.05, 4.69) is 26.0 Å². The molecule has 0 saturated heterocycles. The van der Waals surface area contributed by atoms with Crippen molar-refractivity contribution in [1.29, 1.82) is 0 Å². The second-order valence-corrected chi connectivity index (χ2v) is 28.4. The number of quaternary nitrogens is 1. The quantitative estimate of drug-likeness (QED) is 0.0195. The normalized spacial score (nSPS) is 12.6. The topological polar surface area (TPSA) is 111 Å². The van der Waals surface area contributed by atoms with Crippen molar-refractivity contribution in [1.82, 2.24) is 0 Å². The summed E-state index contributed by atoms with van der Waals surface area (Å²) in [5, 5.41) is 11.8. The summed E-state index contributed by atoms with van der Waals surface area (Å²) in [6.45, 7) is 4.84. The van der Waals surface area contributed by atoms with E-state index in [1.54, 1.807) is 0 Å². The minimum absolute atomic E-state index is 0.152. The fourth-order valence-corrected chi connectivity index (χ4v) is 12.2. The fraction of sp³-hybridized carbons (Fsp3) is 0.937. The van der Waals surface area contributed by atoms with Crippen LogP contribution in [0.15, 0.2) is 12.2 Å². The summed E-state index contributed by atoms with van der Waals surface area (Å²) < 4.78 is 22.9. The number of carbonyl (C=O) groups excluding carboxylic acids is 3. The van der Waals surface area contributed by atoms with E-state index < -0.39 is 24.3 Å². The third-order valence-electron chi connectivity index (χ3n) is 18.3. The Balaban J connectivity index is 3.93. The third-order valence-corrected chi connectivity index (χ3v) is 18.3. The summed E-state index contributed by atoms with van der Waals surface area (Å²) in [5.74, 6) is -2.25. The van der Waals surface area contributed by atoms with Crippen LogP contribution in [0.1, 0.15) is 418 Å². The number of nitrogens with zero attached hydrogens (tertiary/aromatic N) is 1. The lowest BCUT2D eigenvalue weighted by Crippen LogP contribution is -2.44. The van der Waals surface area contributed by atoms with Gasteiger partial charge in [-0.05, 0) is 38.5 Å². The Labute approximate surface area is 548 Å². The number of esters is 2. The maximum atomic E-state index is 12.9. The van der Waals surface area contributed by atoms with Gasteiger partial charge in [0.05, 0.1) is 40.3 Å². The van der Waals surface area contributed by atoms with Gasteiger partial charge in [-0.1, -0.05) is 379 Å². The average Bonchev–Trinajstić information content (AvgIpc) is 3.62. The zero-order valence-electron chi connectivity index (χ0n) is 59.9. The average molecular weight is 1250 g/mol. The summed E-state index contributed by atoms with van der Waals surface area (Å²) in [6, 6.07) is 0. The van der Waals surface area contributed by atoms with E-state index in [-0.39, 0.29) is 32.2 Å². The molecule has 0 aliphatic rings. The van der Waals surface area contributed by atoms with Gasteiger partial charge in [0.2, 0.25) is 0 Å². The van der Waals surface area contributed by atoms with Crippen LogP contribution in [0.25, 0.3) is 0 Å². The molecule has 0 fully saturated rings. The first-order chi connectivity index (χ1) is 43.1. The molecule has 0 heterocycles. The Bertz CT molecular complexity index is 1450. The molecular weight excluding hydrogens is 1090 g/mol. The maximum absolute atomic E-state index is 12.9. The molecule has 2 atom stereocenters. The first kappa shape index (κ1) is 86.0. The number of unbranched alkanes of at least 4 members (excludes halogenated alkanes) is 58. The minimum Gasteiger partial charge on any atom is -0.545 e. The fourth-order valence-electron chi connectivity index (χ4n) is 12.2. The zero-order valence-corrected chi connectivity index (χ0v) is 59.9. The van der Waals surface area contributed by atoms with E-state index in [0.717, 1.165) is 38.5 Å². The van der Waals surface area contributed by atoms with Crippen LogP contribution in [0.2, 0.25) is 0 Å². The van der Waals surface area contributed by atoms with Gasteiger partial charge in [0.15, 0.2) is 12.4 Å². The molecule has 88 heavy (non-hydrogen) atoms. The van der Waals surface area contributed by atoms with Crippen LogP contribution < -0.4 is 5.11 Å². The molecule has 0 aromatic heterocycles. The number of allylic oxidation sites excluding steroid dienone is 2. The lowest BCUT2D eigenvalue weighted by Gasteiger charge is -2.26. The Morgan fingerprint density at radius 3 is 0.841 bits per heavy atom. The lowest BCUT2D eigenvalue weighted by atomic mass is 10.0. The highest BCUT2D eigenvalue weighted by Gasteiger charge is 2.22. The number of ether oxygens (including phenoxy) is 4. The molecule has 2 unspecified atom stereocenters. The lowest BCUT2D eigenvalue weighted by molar-refractivity contribution is -0.870. The minimum atomic E-state index is -1.62. The predicted octanol–water partition coefficient (Wildman–Crippen LogP) is 23.4. The number of likely N-dealkylation sites (N-methyl/N-ethyl adjacent to an activating group) is 1. The van der Waals surface area contributed by atoms with Crippen LogP contribution in [0.3, 0.4) is 0 Å². The van der Waals surface area contributed by atoms with Crippen molar-refractivity contribution >= 4 is 17.9 Å². The Hall–Kier alpha value is -1.97. The van der Waals surface area contributed by atoms with E-state index in [0.29, 0.717) is 17.4 Å². The Kier molecular flexibility index (Phi) is 69.3. The van der Waals surface area contributed by atoms with Crippen LogP contribution in [0.4, 0.5) is 0 Å². The van der Waals surface area contributed by atoms with Gasteiger partial charge in [0.25, 0.3) is 0 Å². The van der Waals surface area contributed by atoms with Gasteiger partial charge in [-0.15, -0.1) is 0 Å². The van der Waals surface area contributed by atoms with Gasteiger partial charge in [-0.2, -0.15) is 0 Å². The number of aliphatic carboxylic acids is 1. The molecule has 0 bridgehead atoms. The molecule has 0 amide bonds. The highest BCUT2D eigenvalue weighted by atomic mass is 16.7. The van der Waals surface area contributed by atoms with Crippen molar-refractivity contribution in [2.45, 2.75) is 431 Å². The summed E-state index contributed by atoms with van der Waals surface area (Å²) in [6.07, 6.45) is 84.9. The third kappa shape index (κ3) is 71.5. The summed E-state index contributed by atoms with van der Waals surface area (Å²) in [4.78, 5) is 37.5. The molecule has 0 aromatic rings. The highest BCUT2D eigenvalue weighted by molar-refractivity contribution is 5.70. The van der Waals surface area contributed by atoms with E-state index >= 15 is 0 Å². The Morgan fingerprint density at radius 1 is 0.330 bits per heavy atom. The van der Waals surface area contributed by atoms with Crippen molar-refractivity contribution in [3.63, 3.8) is 0 Å². The molecule has 0 spiro atoms. The first-order valence-corrected chi connectivity index (χ1v) is 39.3. The molecule has 0 saturated carbocycles. The van der Waals surface area contributed by atoms with Gasteiger partial charge in [0, 0.05) is 12.8 Å². The molecule has 522 valence electrons. The molecule has 0 aliphatic carbocycles. The van der Waals surface area contributed by atoms with Gasteiger partial charge in [0.1, 0.15) is 13.2 Å². The monoisotopic (exact) mass is 1240 g/mol. The van der Waals surface area contributed by atoms with E-state index in [4.69, 9.17) is 18.9 Å². The van der Waals surface area contributed by atoms with Gasteiger partial charge < -0.3 is 33.3 Å². The number of hydrogen-bond donors (Lipinski definition) is 0. The molecule has 9 heteroatoms. The van der Waals surface area contributed by atoms with Crippen LogP contribution in [-0.4, -0.2) is 82.3 Å². The van der Waals surface area contributed by atoms with E-state index in [1.165, 1.54) is 353 Å². The zero-order chi connectivity index (χ0) is 64.0. The van der Waals surface area contributed by atoms with E-state index in [1.807, 2.05) is 21.1 Å². The SMILES string of the molecule is CCCCCCCCCC/C=C\CCCCCCCCCCCCCCCC(=O)OC(COC(=O)CCCCCCCCCCCCCCCCCCCCCCCCCCCCCCCCCCCCCCCC)COC(OCC[N+](C)(C)C)C(=O)[O-]. The summed E-state index contributed by atoms with van der Waals surface area (Å²) in [5.41, 5.74) is 0. The van der Waals surface area contributed by atoms with Crippen molar-refractivity contribution in [2.75, 3.05) is 47.5 Å². The van der Waals surface area contributed by atoms with Crippen LogP contribution in [0.5, 0.6) is 0 Å². The molecule has 0 aliphatic heterocycles. The molecule has 0 radical (unpaired) electrons. The van der Waals surface area contributed by atoms with Gasteiger partial charge >= 0.3 is 11.9 Å². The number of rotatable bonds is 75. The summed E-state index contributed by atoms with van der Waals surface area (Å²) in [7, 11) is 5.95. The van der Waals surface area contributed by atoms with Crippen molar-refractivity contribution in [3.8, 4) is 0 Å². The van der Waals surface area contributed by atoms with Gasteiger partial charge in [-0.25, -0.2) is 0 Å². The number of carboxylic acids is 1. The second kappa shape index (κ2) is 70.9. The predicted molar refractivity (Wildman–Crippen MR) is 376 cm³/mol. The highest BCUT2D eigenvalue weighted by Crippen LogP contribution is 2.20. The standard InChI is InChI=1S/C79H153NO8/c1-6-8-10-12-14-16-18-20-22-24-26-28-30-32-33-34-35-36-37-38-39-40-41-42-43-44-46-47-49-51-53-55-57-59-61-63-65-67-69-76(81)86-73-75(74-87-79(78(83)84)85-72-71-80(3,4)5)88-77(82)70-68-66-64-62-60-58-56-54-52-50-48-45-31-29-27-25-23-21-19-17-15-13-11-9-7-2/h25,27,75,79H,6-24,26,28-74H2,1-5H3/b27-25-. The number of carbonyl (C=O) groups is 3. The summed E-state index contributed by atoms with van der Waals surface area (Å²) >= 11 is 0. The Morgan fingerprint density at radius 2 is 0.580 bits per heavy atom. The van der Waals surface area contributed by atoms with Crippen LogP contribution in [-0.2, 0) is 33.3 Å².